The Kier molecular flexibility index (Phi) is 8.18. The first-order valence-corrected chi connectivity index (χ1v) is 27.4. The van der Waals surface area contributed by atoms with Crippen molar-refractivity contribution in [3.8, 4) is 78.9 Å². The van der Waals surface area contributed by atoms with Crippen molar-refractivity contribution in [1.29, 1.82) is 0 Å². The summed E-state index contributed by atoms with van der Waals surface area (Å²) < 4.78 is 146. The van der Waals surface area contributed by atoms with E-state index in [9.17, 15) is 11.0 Å². The number of pyridine rings is 1. The number of fused-ring (bicyclic) bond motifs is 13. The zero-order chi connectivity index (χ0) is 67.7. The Morgan fingerprint density at radius 1 is 0.488 bits per heavy atom. The summed E-state index contributed by atoms with van der Waals surface area (Å²) in [5.41, 5.74) is 5.15. The fourth-order valence-corrected chi connectivity index (χ4v) is 12.2. The van der Waals surface area contributed by atoms with Crippen molar-refractivity contribution in [1.82, 2.24) is 18.7 Å². The van der Waals surface area contributed by atoms with Gasteiger partial charge in [0.15, 0.2) is 0 Å². The van der Waals surface area contributed by atoms with Crippen LogP contribution in [0, 0.1) is 20.0 Å². The molecule has 0 spiro atoms. The van der Waals surface area contributed by atoms with Gasteiger partial charge in [-0.15, -0.1) is 0 Å². The summed E-state index contributed by atoms with van der Waals surface area (Å²) in [5, 5.41) is 3.93. The van der Waals surface area contributed by atoms with Gasteiger partial charge in [-0.05, 0) is 170 Å². The number of hydrogen-bond donors (Lipinski definition) is 0. The number of nitrogens with zero attached hydrogens (tertiary/aromatic N) is 5. The monoisotopic (exact) mass is 1070 g/mol. The highest BCUT2D eigenvalue weighted by atomic mass is 16.5. The van der Waals surface area contributed by atoms with Gasteiger partial charge < -0.3 is 9.30 Å². The molecule has 0 saturated heterocycles. The average molecular weight is 1070 g/mol. The highest BCUT2D eigenvalue weighted by molar-refractivity contribution is 6.11. The molecule has 6 nitrogen and oxygen atoms in total. The normalized spacial score (nSPS) is 15.1. The number of aryl methyl sites for hydroxylation is 2. The van der Waals surface area contributed by atoms with Crippen LogP contribution < -0.4 is 9.30 Å². The Balaban J connectivity index is 1.08. The maximum atomic E-state index is 10.2. The molecule has 0 atom stereocenters. The van der Waals surface area contributed by atoms with Gasteiger partial charge in [-0.25, -0.2) is 4.98 Å². The first kappa shape index (κ1) is 36.5. The van der Waals surface area contributed by atoms with Crippen LogP contribution in [0.15, 0.2) is 224 Å². The van der Waals surface area contributed by atoms with E-state index >= 15 is 0 Å². The molecule has 0 fully saturated rings. The lowest BCUT2D eigenvalue weighted by Gasteiger charge is -2.28. The predicted molar refractivity (Wildman–Crippen MR) is 339 cm³/mol. The number of benzene rings is 10. The van der Waals surface area contributed by atoms with Crippen molar-refractivity contribution >= 4 is 54.6 Å². The summed E-state index contributed by atoms with van der Waals surface area (Å²) in [4.78, 5) is 4.90. The lowest BCUT2D eigenvalue weighted by Crippen LogP contribution is -2.35. The number of hydrogen-bond acceptors (Lipinski definition) is 2. The fourth-order valence-electron chi connectivity index (χ4n) is 12.2. The molecule has 82 heavy (non-hydrogen) atoms. The minimum atomic E-state index is -2.86. The van der Waals surface area contributed by atoms with Crippen molar-refractivity contribution in [3.63, 3.8) is 0 Å². The van der Waals surface area contributed by atoms with Crippen molar-refractivity contribution in [3.05, 3.63) is 253 Å². The summed E-state index contributed by atoms with van der Waals surface area (Å²) in [5.74, 6) is 1.72. The molecule has 5 heterocycles. The summed E-state index contributed by atoms with van der Waals surface area (Å²) in [7, 11) is 0. The third-order valence-electron chi connectivity index (χ3n) is 16.0. The highest BCUT2D eigenvalue weighted by Crippen LogP contribution is 2.48. The third-order valence-corrected chi connectivity index (χ3v) is 16.0. The second kappa shape index (κ2) is 18.4. The zero-order valence-corrected chi connectivity index (χ0v) is 45.9. The fraction of sp³-hybridized carbons (Fsp3) is 0.132. The number of ether oxygens (including phenoxy) is 1. The van der Waals surface area contributed by atoms with E-state index in [1.54, 1.807) is 16.7 Å². The van der Waals surface area contributed by atoms with Gasteiger partial charge in [0, 0.05) is 47.7 Å². The summed E-state index contributed by atoms with van der Waals surface area (Å²) in [6.45, 7) is 6.58. The van der Waals surface area contributed by atoms with Crippen LogP contribution in [-0.4, -0.2) is 18.7 Å². The van der Waals surface area contributed by atoms with Crippen molar-refractivity contribution in [2.75, 3.05) is 0 Å². The maximum Gasteiger partial charge on any atom is 0.269 e. The van der Waals surface area contributed by atoms with E-state index in [4.69, 9.17) is 17.9 Å². The van der Waals surface area contributed by atoms with Gasteiger partial charge in [0.1, 0.15) is 17.3 Å². The van der Waals surface area contributed by atoms with E-state index in [0.29, 0.717) is 39.5 Å². The molecule has 0 N–H and O–H groups in total. The molecule has 6 heteroatoms. The van der Waals surface area contributed by atoms with E-state index in [1.165, 1.54) is 18.2 Å². The molecule has 1 aliphatic heterocycles. The van der Waals surface area contributed by atoms with E-state index < -0.39 is 67.5 Å². The molecule has 0 bridgehead atoms. The van der Waals surface area contributed by atoms with Gasteiger partial charge in [0.2, 0.25) is 0 Å². The van der Waals surface area contributed by atoms with Gasteiger partial charge in [0.25, 0.3) is 6.33 Å². The van der Waals surface area contributed by atoms with E-state index in [2.05, 4.69) is 54.4 Å². The second-order valence-corrected chi connectivity index (χ2v) is 23.2. The molecular formula is C76H61N5O. The Morgan fingerprint density at radius 3 is 1.71 bits per heavy atom. The molecule has 15 rings (SSSR count). The summed E-state index contributed by atoms with van der Waals surface area (Å²) >= 11 is 0. The first-order chi connectivity index (χ1) is 45.5. The number of imidazole rings is 1. The van der Waals surface area contributed by atoms with Crippen molar-refractivity contribution in [2.24, 2.45) is 0 Å². The highest BCUT2D eigenvalue weighted by Gasteiger charge is 2.31. The van der Waals surface area contributed by atoms with Crippen molar-refractivity contribution < 1.29 is 28.5 Å². The molecule has 0 amide bonds. The van der Waals surface area contributed by atoms with Crippen LogP contribution in [0.4, 0.5) is 0 Å². The lowest BCUT2D eigenvalue weighted by atomic mass is 9.79. The summed E-state index contributed by atoms with van der Waals surface area (Å²) in [6.07, 6.45) is 5.58. The maximum absolute atomic E-state index is 10.2. The Labute approximate surface area is 498 Å². The van der Waals surface area contributed by atoms with Crippen LogP contribution in [0.1, 0.15) is 83.0 Å². The van der Waals surface area contributed by atoms with Gasteiger partial charge >= 0.3 is 0 Å². The smallest absolute Gasteiger partial charge is 0.269 e. The Bertz CT molecular complexity index is 5600. The van der Waals surface area contributed by atoms with E-state index in [1.807, 2.05) is 153 Å². The SMILES string of the molecule is [2H]c1c([2H])c([2H])c2c(c1[2H])-c1cc(-c3c(C([2H])([2H])[2H])cccc3C([2H])([2H])[2H])cc(C(C)(C)C)c1-[n+]1[c-]n(-c3cccc(Oc4ccc5c6ccccc6n(-c6cc(C(C)(C)C)ccn6)c5c4)c3)c3cc(-n4c5ccccc5c5ccccc54)cc(c31)-c1c([2H])c([2H])c([2H])c([2H])c1-2. The van der Waals surface area contributed by atoms with Crippen LogP contribution in [-0.2, 0) is 10.8 Å². The van der Waals surface area contributed by atoms with Gasteiger partial charge in [-0.1, -0.05) is 175 Å². The molecule has 10 aromatic carbocycles. The van der Waals surface area contributed by atoms with Gasteiger partial charge in [-0.2, -0.15) is 0 Å². The molecule has 0 radical (unpaired) electrons. The molecule has 396 valence electrons. The number of para-hydroxylation sites is 3. The third kappa shape index (κ3) is 7.76. The van der Waals surface area contributed by atoms with Gasteiger partial charge in [0.05, 0.1) is 55.4 Å². The van der Waals surface area contributed by atoms with Crippen molar-refractivity contribution in [2.45, 2.75) is 66.1 Å². The quantitative estimate of drug-likeness (QED) is 0.123. The number of aromatic nitrogens is 5. The predicted octanol–water partition coefficient (Wildman–Crippen LogP) is 19.3. The Hall–Kier alpha value is -9.78. The van der Waals surface area contributed by atoms with Crippen LogP contribution in [0.25, 0.3) is 122 Å². The van der Waals surface area contributed by atoms with E-state index in [-0.39, 0.29) is 66.7 Å². The molecule has 0 saturated carbocycles. The molecular weight excluding hydrogens is 999 g/mol. The van der Waals surface area contributed by atoms with E-state index in [0.717, 1.165) is 55.0 Å². The number of rotatable bonds is 6. The van der Waals surface area contributed by atoms with Crippen LogP contribution in [0.5, 0.6) is 11.5 Å². The molecule has 14 aromatic rings. The molecule has 0 aliphatic carbocycles. The largest absolute Gasteiger partial charge is 0.458 e. The first-order valence-electron chi connectivity index (χ1n) is 34.4. The minimum Gasteiger partial charge on any atom is -0.458 e. The molecule has 0 unspecified atom stereocenters. The van der Waals surface area contributed by atoms with Crippen LogP contribution >= 0.6 is 0 Å². The standard InChI is InChI=1S/C76H61N5O/c1-47-21-19-22-48(2)72(47)49-39-63-57-27-11-9-25-55(57)56-26-10-12-28-58(56)64-43-52(80-66-32-16-13-29-59(66)60-30-14-17-33-67(60)80)44-70-74(64)79(73(63)65(40-49)76(6,7)8)46-78(70)51-23-20-24-53(42-51)82-54-35-36-62-61-31-15-18-34-68(61)81(69(62)45-54)71-41-50(37-38-77-71)75(3,4)5/h9-45H,1-8H3/i1D3,2D3,9D,10D,11D,12D,25D,26D,27D,28D. The second-order valence-electron chi connectivity index (χ2n) is 23.2. The molecule has 4 aromatic heterocycles. The van der Waals surface area contributed by atoms with Crippen LogP contribution in [0.3, 0.4) is 0 Å². The topological polar surface area (TPSA) is 40.8 Å². The van der Waals surface area contributed by atoms with Crippen LogP contribution in [0.2, 0.25) is 0 Å². The zero-order valence-electron chi connectivity index (χ0n) is 59.9. The van der Waals surface area contributed by atoms with Gasteiger partial charge in [-0.3, -0.25) is 13.7 Å². The lowest BCUT2D eigenvalue weighted by molar-refractivity contribution is -0.572. The Morgan fingerprint density at radius 2 is 1.07 bits per heavy atom. The minimum absolute atomic E-state index is 0.0690. The summed E-state index contributed by atoms with van der Waals surface area (Å²) in [6, 6.07) is 48.1. The molecule has 1 aliphatic rings. The average Bonchev–Trinajstić information content (AvgIpc) is 1.46.